The first kappa shape index (κ1) is 14.2. The molecule has 0 saturated carbocycles. The molecule has 98 valence electrons. The van der Waals surface area contributed by atoms with Gasteiger partial charge in [0, 0.05) is 11.6 Å². The topological polar surface area (TPSA) is 101 Å². The van der Waals surface area contributed by atoms with E-state index in [-0.39, 0.29) is 0 Å². The lowest BCUT2D eigenvalue weighted by molar-refractivity contribution is -0.132. The van der Waals surface area contributed by atoms with Crippen LogP contribution in [0.15, 0.2) is 12.1 Å². The van der Waals surface area contributed by atoms with Crippen molar-refractivity contribution in [3.05, 3.63) is 34.9 Å². The summed E-state index contributed by atoms with van der Waals surface area (Å²) in [7, 11) is 0. The van der Waals surface area contributed by atoms with E-state index in [1.807, 2.05) is 0 Å². The quantitative estimate of drug-likeness (QED) is 0.665. The summed E-state index contributed by atoms with van der Waals surface area (Å²) in [5, 5.41) is 18.7. The molecular weight excluding hydrogens is 248 g/mol. The van der Waals surface area contributed by atoms with E-state index < -0.39 is 46.7 Å². The predicted molar refractivity (Wildman–Crippen MR) is 56.5 cm³/mol. The largest absolute Gasteiger partial charge is 0.385 e. The van der Waals surface area contributed by atoms with Gasteiger partial charge in [-0.25, -0.2) is 8.78 Å². The smallest absolute Gasteiger partial charge is 0.249 e. The zero-order valence-electron chi connectivity index (χ0n) is 9.35. The number of halogens is 2. The summed E-state index contributed by atoms with van der Waals surface area (Å²) in [5.74, 6) is -4.24. The van der Waals surface area contributed by atoms with E-state index in [0.29, 0.717) is 6.07 Å². The lowest BCUT2D eigenvalue weighted by atomic mass is 9.99. The minimum Gasteiger partial charge on any atom is -0.385 e. The molecule has 0 aliphatic carbocycles. The van der Waals surface area contributed by atoms with Crippen molar-refractivity contribution in [3.8, 4) is 0 Å². The van der Waals surface area contributed by atoms with Crippen molar-refractivity contribution in [1.82, 2.24) is 0 Å². The summed E-state index contributed by atoms with van der Waals surface area (Å²) in [6, 6.07) is 1.13. The summed E-state index contributed by atoms with van der Waals surface area (Å²) < 4.78 is 26.6. The first-order valence-electron chi connectivity index (χ1n) is 4.91. The number of amides is 1. The van der Waals surface area contributed by atoms with Crippen LogP contribution in [0, 0.1) is 11.6 Å². The van der Waals surface area contributed by atoms with Gasteiger partial charge in [0.1, 0.15) is 17.7 Å². The molecule has 1 aromatic carbocycles. The van der Waals surface area contributed by atoms with Crippen molar-refractivity contribution >= 4 is 11.7 Å². The molecule has 0 aliphatic rings. The number of ketones is 1. The van der Waals surface area contributed by atoms with Crippen molar-refractivity contribution in [2.45, 2.75) is 19.1 Å². The molecule has 4 N–H and O–H groups in total. The number of carbonyl (C=O) groups excluding carboxylic acids is 2. The molecule has 0 aromatic heterocycles. The van der Waals surface area contributed by atoms with E-state index >= 15 is 0 Å². The fraction of sp³-hybridized carbons (Fsp3) is 0.273. The third-order valence-corrected chi connectivity index (χ3v) is 2.37. The van der Waals surface area contributed by atoms with Crippen molar-refractivity contribution in [2.24, 2.45) is 5.73 Å². The number of Topliss-reactive ketones (excluding diaryl/α,β-unsaturated/α-hetero) is 1. The number of primary amides is 1. The van der Waals surface area contributed by atoms with Crippen molar-refractivity contribution < 1.29 is 28.6 Å². The highest BCUT2D eigenvalue weighted by Gasteiger charge is 2.27. The fourth-order valence-corrected chi connectivity index (χ4v) is 1.39. The van der Waals surface area contributed by atoms with E-state index in [0.717, 1.165) is 13.0 Å². The maximum Gasteiger partial charge on any atom is 0.249 e. The third-order valence-electron chi connectivity index (χ3n) is 2.37. The Labute approximate surface area is 101 Å². The Kier molecular flexibility index (Phi) is 4.10. The second kappa shape index (κ2) is 5.19. The van der Waals surface area contributed by atoms with Crippen molar-refractivity contribution in [1.29, 1.82) is 0 Å². The van der Waals surface area contributed by atoms with Gasteiger partial charge in [0.05, 0.1) is 5.56 Å². The highest BCUT2D eigenvalue weighted by molar-refractivity contribution is 5.94. The van der Waals surface area contributed by atoms with E-state index in [2.05, 4.69) is 0 Å². The first-order valence-corrected chi connectivity index (χ1v) is 4.91. The average Bonchev–Trinajstić information content (AvgIpc) is 2.26. The van der Waals surface area contributed by atoms with E-state index in [1.54, 1.807) is 0 Å². The van der Waals surface area contributed by atoms with Crippen LogP contribution in [0.25, 0.3) is 0 Å². The maximum atomic E-state index is 13.4. The Morgan fingerprint density at radius 1 is 1.22 bits per heavy atom. The van der Waals surface area contributed by atoms with Crippen molar-refractivity contribution in [2.75, 3.05) is 0 Å². The highest BCUT2D eigenvalue weighted by atomic mass is 19.1. The summed E-state index contributed by atoms with van der Waals surface area (Å²) >= 11 is 0. The SMILES string of the molecule is CC(=O)c1cc(C(O)C(O)C(N)=O)c(F)cc1F. The standard InChI is InChI=1S/C11H11F2NO4/c1-4(15)5-2-6(8(13)3-7(5)12)9(16)10(17)11(14)18/h2-3,9-10,16-17H,1H3,(H2,14,18). The van der Waals surface area contributed by atoms with Crippen LogP contribution in [-0.4, -0.2) is 28.0 Å². The van der Waals surface area contributed by atoms with Crippen LogP contribution in [0.2, 0.25) is 0 Å². The Balaban J connectivity index is 3.28. The number of aliphatic hydroxyl groups is 2. The number of hydrogen-bond acceptors (Lipinski definition) is 4. The molecule has 0 saturated heterocycles. The number of nitrogens with two attached hydrogens (primary N) is 1. The summed E-state index contributed by atoms with van der Waals surface area (Å²) in [4.78, 5) is 21.7. The van der Waals surface area contributed by atoms with Gasteiger partial charge in [0.2, 0.25) is 5.91 Å². The number of rotatable bonds is 4. The Bertz CT molecular complexity index is 504. The number of carbonyl (C=O) groups is 2. The van der Waals surface area contributed by atoms with Crippen LogP contribution in [0.1, 0.15) is 28.9 Å². The van der Waals surface area contributed by atoms with Gasteiger partial charge in [-0.15, -0.1) is 0 Å². The molecular formula is C11H11F2NO4. The van der Waals surface area contributed by atoms with Gasteiger partial charge in [0.25, 0.3) is 0 Å². The van der Waals surface area contributed by atoms with Gasteiger partial charge in [-0.1, -0.05) is 0 Å². The summed E-state index contributed by atoms with van der Waals surface area (Å²) in [5.41, 5.74) is 3.71. The van der Waals surface area contributed by atoms with Crippen LogP contribution >= 0.6 is 0 Å². The zero-order valence-corrected chi connectivity index (χ0v) is 9.35. The summed E-state index contributed by atoms with van der Waals surface area (Å²) in [6.07, 6.45) is -4.02. The van der Waals surface area contributed by atoms with Crippen LogP contribution in [0.3, 0.4) is 0 Å². The van der Waals surface area contributed by atoms with Crippen LogP contribution in [-0.2, 0) is 4.79 Å². The molecule has 0 fully saturated rings. The molecule has 0 aliphatic heterocycles. The predicted octanol–water partition coefficient (Wildman–Crippen LogP) is 0.0470. The third kappa shape index (κ3) is 2.69. The number of hydrogen-bond donors (Lipinski definition) is 3. The van der Waals surface area contributed by atoms with Crippen LogP contribution in [0.5, 0.6) is 0 Å². The molecule has 0 radical (unpaired) electrons. The van der Waals surface area contributed by atoms with E-state index in [9.17, 15) is 28.6 Å². The van der Waals surface area contributed by atoms with Gasteiger partial charge in [-0.05, 0) is 13.0 Å². The average molecular weight is 259 g/mol. The molecule has 0 heterocycles. The molecule has 18 heavy (non-hydrogen) atoms. The van der Waals surface area contributed by atoms with Crippen LogP contribution in [0.4, 0.5) is 8.78 Å². The lowest BCUT2D eigenvalue weighted by Gasteiger charge is -2.16. The minimum atomic E-state index is -2.05. The van der Waals surface area contributed by atoms with Gasteiger partial charge in [0.15, 0.2) is 11.9 Å². The summed E-state index contributed by atoms with van der Waals surface area (Å²) in [6.45, 7) is 1.05. The zero-order chi connectivity index (χ0) is 14.0. The normalized spacial score (nSPS) is 14.1. The van der Waals surface area contributed by atoms with Gasteiger partial charge in [-0.3, -0.25) is 9.59 Å². The molecule has 0 spiro atoms. The van der Waals surface area contributed by atoms with E-state index in [1.165, 1.54) is 0 Å². The second-order valence-electron chi connectivity index (χ2n) is 3.70. The first-order chi connectivity index (χ1) is 8.25. The number of aliphatic hydroxyl groups excluding tert-OH is 2. The van der Waals surface area contributed by atoms with Gasteiger partial charge in [-0.2, -0.15) is 0 Å². The molecule has 2 atom stereocenters. The van der Waals surface area contributed by atoms with Crippen LogP contribution < -0.4 is 5.73 Å². The molecule has 1 rings (SSSR count). The van der Waals surface area contributed by atoms with Gasteiger partial charge >= 0.3 is 0 Å². The molecule has 0 bridgehead atoms. The Morgan fingerprint density at radius 3 is 2.22 bits per heavy atom. The van der Waals surface area contributed by atoms with Gasteiger partial charge < -0.3 is 15.9 Å². The highest BCUT2D eigenvalue weighted by Crippen LogP contribution is 2.24. The molecule has 7 heteroatoms. The maximum absolute atomic E-state index is 13.4. The minimum absolute atomic E-state index is 0.392. The molecule has 5 nitrogen and oxygen atoms in total. The monoisotopic (exact) mass is 259 g/mol. The molecule has 1 amide bonds. The van der Waals surface area contributed by atoms with E-state index in [4.69, 9.17) is 5.73 Å². The second-order valence-corrected chi connectivity index (χ2v) is 3.70. The Hall–Kier alpha value is -1.86. The lowest BCUT2D eigenvalue weighted by Crippen LogP contribution is -2.34. The Morgan fingerprint density at radius 2 is 1.78 bits per heavy atom. The fourth-order valence-electron chi connectivity index (χ4n) is 1.39. The van der Waals surface area contributed by atoms with Crippen molar-refractivity contribution in [3.63, 3.8) is 0 Å². The number of benzene rings is 1. The molecule has 2 unspecified atom stereocenters. The molecule has 1 aromatic rings.